The van der Waals surface area contributed by atoms with Crippen LogP contribution in [0.15, 0.2) is 4.99 Å². The Morgan fingerprint density at radius 1 is 1.26 bits per heavy atom. The van der Waals surface area contributed by atoms with E-state index in [1.54, 1.807) is 0 Å². The number of nitrogens with zero attached hydrogens (tertiary/aromatic N) is 2. The number of aliphatic imine (C=N–C) groups is 1. The summed E-state index contributed by atoms with van der Waals surface area (Å²) in [5.74, 6) is 1.66. The van der Waals surface area contributed by atoms with Crippen LogP contribution in [0.1, 0.15) is 32.6 Å². The van der Waals surface area contributed by atoms with Crippen molar-refractivity contribution >= 4 is 39.8 Å². The van der Waals surface area contributed by atoms with E-state index in [4.69, 9.17) is 0 Å². The van der Waals surface area contributed by atoms with Crippen LogP contribution in [0.3, 0.4) is 0 Å². The van der Waals surface area contributed by atoms with Gasteiger partial charge in [-0.25, -0.2) is 8.42 Å². The molecule has 8 heteroatoms. The number of nitrogens with one attached hydrogen (secondary N) is 2. The van der Waals surface area contributed by atoms with Gasteiger partial charge in [-0.1, -0.05) is 0 Å². The maximum absolute atomic E-state index is 11.5. The molecule has 23 heavy (non-hydrogen) atoms. The van der Waals surface area contributed by atoms with Gasteiger partial charge < -0.3 is 10.6 Å². The summed E-state index contributed by atoms with van der Waals surface area (Å²) in [6, 6.07) is 1.29. The summed E-state index contributed by atoms with van der Waals surface area (Å²) in [5.41, 5.74) is 0. The zero-order chi connectivity index (χ0) is 15.6. The Hall–Kier alpha value is -0.0900. The molecule has 2 aliphatic heterocycles. The molecule has 2 atom stereocenters. The molecule has 134 valence electrons. The number of likely N-dealkylation sites (tertiary alicyclic amines) is 1. The molecular formula is C15H29IN4O2S. The van der Waals surface area contributed by atoms with E-state index in [1.165, 1.54) is 25.8 Å². The first-order valence-corrected chi connectivity index (χ1v) is 10.4. The van der Waals surface area contributed by atoms with E-state index < -0.39 is 9.84 Å². The molecule has 2 N–H and O–H groups in total. The van der Waals surface area contributed by atoms with Gasteiger partial charge in [0.2, 0.25) is 0 Å². The normalized spacial score (nSPS) is 30.9. The average molecular weight is 456 g/mol. The molecule has 0 amide bonds. The minimum absolute atomic E-state index is 0. The molecule has 3 fully saturated rings. The Morgan fingerprint density at radius 3 is 2.65 bits per heavy atom. The second-order valence-corrected chi connectivity index (χ2v) is 9.07. The second-order valence-electron chi connectivity index (χ2n) is 6.84. The fourth-order valence-electron chi connectivity index (χ4n) is 3.43. The summed E-state index contributed by atoms with van der Waals surface area (Å²) in [6.45, 7) is 5.78. The van der Waals surface area contributed by atoms with E-state index in [9.17, 15) is 8.42 Å². The summed E-state index contributed by atoms with van der Waals surface area (Å²) in [4.78, 5) is 7.20. The lowest BCUT2D eigenvalue weighted by molar-refractivity contribution is 0.321. The lowest BCUT2D eigenvalue weighted by Crippen LogP contribution is -2.45. The van der Waals surface area contributed by atoms with Gasteiger partial charge in [0.25, 0.3) is 0 Å². The molecule has 0 spiro atoms. The highest BCUT2D eigenvalue weighted by atomic mass is 127. The van der Waals surface area contributed by atoms with Crippen molar-refractivity contribution < 1.29 is 8.42 Å². The van der Waals surface area contributed by atoms with E-state index >= 15 is 0 Å². The summed E-state index contributed by atoms with van der Waals surface area (Å²) in [7, 11) is -2.80. The predicted octanol–water partition coefficient (Wildman–Crippen LogP) is 0.831. The fraction of sp³-hybridized carbons (Fsp3) is 0.933. The lowest BCUT2D eigenvalue weighted by Gasteiger charge is -2.19. The van der Waals surface area contributed by atoms with Gasteiger partial charge in [0, 0.05) is 38.3 Å². The third kappa shape index (κ3) is 5.74. The van der Waals surface area contributed by atoms with Crippen LogP contribution in [-0.2, 0) is 9.84 Å². The number of sulfone groups is 1. The monoisotopic (exact) mass is 456 g/mol. The van der Waals surface area contributed by atoms with Gasteiger partial charge in [-0.15, -0.1) is 24.0 Å². The van der Waals surface area contributed by atoms with Gasteiger partial charge in [-0.3, -0.25) is 9.89 Å². The van der Waals surface area contributed by atoms with Crippen molar-refractivity contribution in [2.75, 3.05) is 37.7 Å². The van der Waals surface area contributed by atoms with Crippen molar-refractivity contribution in [2.45, 2.75) is 44.7 Å². The van der Waals surface area contributed by atoms with Crippen LogP contribution in [-0.4, -0.2) is 69.0 Å². The molecule has 0 aromatic carbocycles. The van der Waals surface area contributed by atoms with Crippen molar-refractivity contribution in [1.82, 2.24) is 15.5 Å². The third-order valence-corrected chi connectivity index (χ3v) is 6.64. The molecule has 3 aliphatic rings. The number of hydrogen-bond donors (Lipinski definition) is 2. The molecule has 6 nitrogen and oxygen atoms in total. The van der Waals surface area contributed by atoms with Crippen LogP contribution in [0.2, 0.25) is 0 Å². The molecule has 0 radical (unpaired) electrons. The molecule has 0 bridgehead atoms. The highest BCUT2D eigenvalue weighted by Crippen LogP contribution is 2.29. The van der Waals surface area contributed by atoms with Gasteiger partial charge >= 0.3 is 0 Å². The van der Waals surface area contributed by atoms with Crippen molar-refractivity contribution in [2.24, 2.45) is 10.9 Å². The fourth-order valence-corrected chi connectivity index (χ4v) is 5.28. The molecule has 3 rings (SSSR count). The summed E-state index contributed by atoms with van der Waals surface area (Å²) < 4.78 is 23.0. The lowest BCUT2D eigenvalue weighted by atomic mass is 10.1. The first kappa shape index (κ1) is 19.2. The molecule has 0 aromatic heterocycles. The van der Waals surface area contributed by atoms with E-state index in [-0.39, 0.29) is 29.9 Å². The highest BCUT2D eigenvalue weighted by Gasteiger charge is 2.34. The number of rotatable bonds is 5. The number of guanidine groups is 1. The van der Waals surface area contributed by atoms with Gasteiger partial charge in [0.1, 0.15) is 0 Å². The van der Waals surface area contributed by atoms with Gasteiger partial charge in [-0.2, -0.15) is 0 Å². The van der Waals surface area contributed by atoms with E-state index in [2.05, 4.69) is 27.4 Å². The van der Waals surface area contributed by atoms with Crippen LogP contribution in [0.4, 0.5) is 0 Å². The Labute approximate surface area is 156 Å². The van der Waals surface area contributed by atoms with E-state index in [1.807, 2.05) is 0 Å². The highest BCUT2D eigenvalue weighted by molar-refractivity contribution is 14.0. The standard InChI is InChI=1S/C15H28N4O2S.HI/c1-2-16-15(17-9-12-6-8-22(20,21)11-12)18-13-5-7-19(10-13)14-3-4-14;/h12-14H,2-11H2,1H3,(H2,16,17,18);1H. The maximum atomic E-state index is 11.5. The molecule has 1 aliphatic carbocycles. The second kappa shape index (κ2) is 8.33. The number of hydrogen-bond acceptors (Lipinski definition) is 4. The Balaban J connectivity index is 0.00000192. The minimum Gasteiger partial charge on any atom is -0.357 e. The summed E-state index contributed by atoms with van der Waals surface area (Å²) in [5, 5.41) is 6.81. The molecular weight excluding hydrogens is 427 g/mol. The average Bonchev–Trinajstić information content (AvgIpc) is 3.12. The van der Waals surface area contributed by atoms with E-state index in [0.717, 1.165) is 31.5 Å². The topological polar surface area (TPSA) is 73.8 Å². The first-order chi connectivity index (χ1) is 10.6. The van der Waals surface area contributed by atoms with Gasteiger partial charge in [0.05, 0.1) is 11.5 Å². The van der Waals surface area contributed by atoms with Crippen LogP contribution in [0.5, 0.6) is 0 Å². The van der Waals surface area contributed by atoms with Crippen LogP contribution < -0.4 is 10.6 Å². The SMILES string of the molecule is CCNC(=NCC1CCS(=O)(=O)C1)NC1CCN(C2CC2)C1.I. The van der Waals surface area contributed by atoms with Gasteiger partial charge in [-0.05, 0) is 38.5 Å². The zero-order valence-electron chi connectivity index (χ0n) is 13.8. The van der Waals surface area contributed by atoms with Crippen LogP contribution in [0.25, 0.3) is 0 Å². The number of halogens is 1. The van der Waals surface area contributed by atoms with Crippen molar-refractivity contribution in [3.63, 3.8) is 0 Å². The largest absolute Gasteiger partial charge is 0.357 e. The Kier molecular flexibility index (Phi) is 6.97. The van der Waals surface area contributed by atoms with Crippen molar-refractivity contribution in [3.05, 3.63) is 0 Å². The van der Waals surface area contributed by atoms with Gasteiger partial charge in [0.15, 0.2) is 15.8 Å². The molecule has 1 saturated carbocycles. The smallest absolute Gasteiger partial charge is 0.191 e. The molecule has 2 heterocycles. The van der Waals surface area contributed by atoms with Crippen LogP contribution in [0, 0.1) is 5.92 Å². The third-order valence-electron chi connectivity index (χ3n) is 4.80. The molecule has 2 unspecified atom stereocenters. The predicted molar refractivity (Wildman–Crippen MR) is 104 cm³/mol. The minimum atomic E-state index is -2.80. The quantitative estimate of drug-likeness (QED) is 0.364. The van der Waals surface area contributed by atoms with Crippen molar-refractivity contribution in [3.8, 4) is 0 Å². The van der Waals surface area contributed by atoms with Crippen LogP contribution >= 0.6 is 24.0 Å². The van der Waals surface area contributed by atoms with Crippen molar-refractivity contribution in [1.29, 1.82) is 0 Å². The Bertz CT molecular complexity index is 522. The molecule has 0 aromatic rings. The first-order valence-electron chi connectivity index (χ1n) is 8.55. The van der Waals surface area contributed by atoms with E-state index in [0.29, 0.717) is 24.1 Å². The Morgan fingerprint density at radius 2 is 2.04 bits per heavy atom. The molecule has 2 saturated heterocycles. The zero-order valence-corrected chi connectivity index (χ0v) is 17.0. The summed E-state index contributed by atoms with van der Waals surface area (Å²) >= 11 is 0. The maximum Gasteiger partial charge on any atom is 0.191 e. The summed E-state index contributed by atoms with van der Waals surface area (Å²) in [6.07, 6.45) is 4.64.